The van der Waals surface area contributed by atoms with Crippen molar-refractivity contribution in [3.8, 4) is 0 Å². The van der Waals surface area contributed by atoms with Crippen molar-refractivity contribution in [3.05, 3.63) is 64.7 Å². The number of sulfone groups is 1. The second-order valence-electron chi connectivity index (χ2n) is 8.17. The summed E-state index contributed by atoms with van der Waals surface area (Å²) in [4.78, 5) is -0.475. The first kappa shape index (κ1) is 21.0. The molecule has 0 atom stereocenters. The van der Waals surface area contributed by atoms with E-state index in [-0.39, 0.29) is 11.0 Å². The van der Waals surface area contributed by atoms with Gasteiger partial charge in [0, 0.05) is 0 Å². The number of alkyl halides is 5. The molecule has 4 rings (SSSR count). The molecule has 0 bridgehead atoms. The lowest BCUT2D eigenvalue weighted by Gasteiger charge is -2.14. The van der Waals surface area contributed by atoms with Crippen molar-refractivity contribution in [1.82, 2.24) is 0 Å². The van der Waals surface area contributed by atoms with E-state index in [0.717, 1.165) is 36.1 Å². The zero-order valence-electron chi connectivity index (χ0n) is 16.1. The van der Waals surface area contributed by atoms with Crippen LogP contribution in [0.15, 0.2) is 47.4 Å². The van der Waals surface area contributed by atoms with Crippen molar-refractivity contribution >= 4 is 21.0 Å². The standard InChI is InChI=1S/C22H19F5O2S/c1-13-2-3-15(10-19(13)22(25,26)27)18-12-21(8-9-21)11-17(18)14-4-6-16(7-5-14)30(28,29)20(23)24/h2-7,10,20H,8-9,11-12H2,1H3. The lowest BCUT2D eigenvalue weighted by molar-refractivity contribution is -0.138. The van der Waals surface area contributed by atoms with Gasteiger partial charge in [-0.2, -0.15) is 22.0 Å². The molecule has 0 saturated heterocycles. The SMILES string of the molecule is Cc1ccc(C2=C(c3ccc(S(=O)(=O)C(F)F)cc3)CC3(CC3)C2)cc1C(F)(F)F. The quantitative estimate of drug-likeness (QED) is 0.507. The minimum Gasteiger partial charge on any atom is -0.218 e. The monoisotopic (exact) mass is 442 g/mol. The number of allylic oxidation sites excluding steroid dienone is 2. The summed E-state index contributed by atoms with van der Waals surface area (Å²) in [5.41, 5.74) is 2.32. The summed E-state index contributed by atoms with van der Waals surface area (Å²) < 4.78 is 89.0. The Morgan fingerprint density at radius 2 is 1.43 bits per heavy atom. The van der Waals surface area contributed by atoms with Crippen molar-refractivity contribution in [2.24, 2.45) is 5.41 Å². The molecule has 8 heteroatoms. The van der Waals surface area contributed by atoms with Gasteiger partial charge in [-0.1, -0.05) is 24.3 Å². The second kappa shape index (κ2) is 6.90. The Balaban J connectivity index is 1.78. The molecule has 1 saturated carbocycles. The topological polar surface area (TPSA) is 34.1 Å². The Kier molecular flexibility index (Phi) is 4.84. The van der Waals surface area contributed by atoms with Crippen LogP contribution in [0.1, 0.15) is 47.9 Å². The summed E-state index contributed by atoms with van der Waals surface area (Å²) in [5.74, 6) is -3.51. The van der Waals surface area contributed by atoms with Crippen molar-refractivity contribution in [2.45, 2.75) is 49.4 Å². The average Bonchev–Trinajstić information content (AvgIpc) is 3.32. The highest BCUT2D eigenvalue weighted by Gasteiger charge is 2.48. The fraction of sp³-hybridized carbons (Fsp3) is 0.364. The molecule has 0 unspecified atom stereocenters. The molecule has 1 spiro atoms. The van der Waals surface area contributed by atoms with E-state index in [9.17, 15) is 30.4 Å². The fourth-order valence-corrected chi connectivity index (χ4v) is 4.89. The molecule has 2 aliphatic carbocycles. The number of aryl methyl sites for hydroxylation is 1. The van der Waals surface area contributed by atoms with Gasteiger partial charge in [0.05, 0.1) is 10.5 Å². The smallest absolute Gasteiger partial charge is 0.218 e. The Morgan fingerprint density at radius 3 is 1.93 bits per heavy atom. The van der Waals surface area contributed by atoms with Crippen LogP contribution in [-0.2, 0) is 16.0 Å². The van der Waals surface area contributed by atoms with E-state index in [1.54, 1.807) is 6.07 Å². The zero-order valence-corrected chi connectivity index (χ0v) is 16.9. The molecule has 0 aliphatic heterocycles. The lowest BCUT2D eigenvalue weighted by Crippen LogP contribution is -2.11. The molecule has 2 aromatic carbocycles. The predicted molar refractivity (Wildman–Crippen MR) is 104 cm³/mol. The molecule has 1 fully saturated rings. The maximum Gasteiger partial charge on any atom is 0.416 e. The molecule has 30 heavy (non-hydrogen) atoms. The largest absolute Gasteiger partial charge is 0.416 e. The van der Waals surface area contributed by atoms with Gasteiger partial charge in [-0.05, 0) is 84.1 Å². The molecule has 0 amide bonds. The summed E-state index contributed by atoms with van der Waals surface area (Å²) in [6.07, 6.45) is -1.16. The summed E-state index contributed by atoms with van der Waals surface area (Å²) >= 11 is 0. The number of benzene rings is 2. The Bertz CT molecular complexity index is 1130. The van der Waals surface area contributed by atoms with E-state index in [2.05, 4.69) is 0 Å². The van der Waals surface area contributed by atoms with Gasteiger partial charge in [0.15, 0.2) is 0 Å². The highest BCUT2D eigenvalue weighted by Crippen LogP contribution is 2.63. The summed E-state index contributed by atoms with van der Waals surface area (Å²) in [6.45, 7) is 1.42. The second-order valence-corrected chi connectivity index (χ2v) is 10.1. The normalized spacial score (nSPS) is 18.5. The minimum atomic E-state index is -4.69. The predicted octanol–water partition coefficient (Wildman–Crippen LogP) is 6.49. The molecule has 2 nitrogen and oxygen atoms in total. The van der Waals surface area contributed by atoms with Gasteiger partial charge in [-0.25, -0.2) is 8.42 Å². The molecule has 0 aromatic heterocycles. The molecule has 2 aliphatic rings. The number of hydrogen-bond donors (Lipinski definition) is 0. The molecule has 0 heterocycles. The van der Waals surface area contributed by atoms with Gasteiger partial charge >= 0.3 is 11.9 Å². The third kappa shape index (κ3) is 3.66. The first-order valence-electron chi connectivity index (χ1n) is 9.46. The van der Waals surface area contributed by atoms with Gasteiger partial charge in [-0.15, -0.1) is 0 Å². The van der Waals surface area contributed by atoms with Crippen LogP contribution in [0.4, 0.5) is 22.0 Å². The van der Waals surface area contributed by atoms with E-state index < -0.39 is 32.2 Å². The van der Waals surface area contributed by atoms with Crippen LogP contribution >= 0.6 is 0 Å². The molecule has 2 aromatic rings. The zero-order chi connectivity index (χ0) is 21.9. The Labute approximate surface area is 171 Å². The average molecular weight is 442 g/mol. The van der Waals surface area contributed by atoms with Gasteiger partial charge < -0.3 is 0 Å². The van der Waals surface area contributed by atoms with Crippen LogP contribution in [0.3, 0.4) is 0 Å². The van der Waals surface area contributed by atoms with Gasteiger partial charge in [0.1, 0.15) is 0 Å². The summed E-state index contributed by atoms with van der Waals surface area (Å²) in [6, 6.07) is 9.50. The number of rotatable bonds is 4. The van der Waals surface area contributed by atoms with Crippen LogP contribution in [-0.4, -0.2) is 14.2 Å². The molecule has 0 radical (unpaired) electrons. The highest BCUT2D eigenvalue weighted by atomic mass is 32.2. The maximum absolute atomic E-state index is 13.4. The molecular weight excluding hydrogens is 423 g/mol. The van der Waals surface area contributed by atoms with Gasteiger partial charge in [0.2, 0.25) is 9.84 Å². The minimum absolute atomic E-state index is 0.0433. The molecular formula is C22H19F5O2S. The van der Waals surface area contributed by atoms with Gasteiger partial charge in [-0.3, -0.25) is 0 Å². The number of hydrogen-bond acceptors (Lipinski definition) is 2. The van der Waals surface area contributed by atoms with E-state index >= 15 is 0 Å². The molecule has 0 N–H and O–H groups in total. The van der Waals surface area contributed by atoms with Crippen molar-refractivity contribution in [1.29, 1.82) is 0 Å². The summed E-state index contributed by atoms with van der Waals surface area (Å²) in [7, 11) is -4.69. The van der Waals surface area contributed by atoms with Crippen molar-refractivity contribution in [3.63, 3.8) is 0 Å². The van der Waals surface area contributed by atoms with Gasteiger partial charge in [0.25, 0.3) is 0 Å². The van der Waals surface area contributed by atoms with E-state index in [4.69, 9.17) is 0 Å². The first-order valence-corrected chi connectivity index (χ1v) is 11.0. The van der Waals surface area contributed by atoms with E-state index in [1.807, 2.05) is 0 Å². The van der Waals surface area contributed by atoms with Crippen LogP contribution < -0.4 is 0 Å². The highest BCUT2D eigenvalue weighted by molar-refractivity contribution is 7.91. The number of halogens is 5. The maximum atomic E-state index is 13.4. The van der Waals surface area contributed by atoms with Crippen LogP contribution in [0, 0.1) is 12.3 Å². The van der Waals surface area contributed by atoms with Crippen molar-refractivity contribution in [2.75, 3.05) is 0 Å². The van der Waals surface area contributed by atoms with Crippen molar-refractivity contribution < 1.29 is 30.4 Å². The molecule has 160 valence electrons. The van der Waals surface area contributed by atoms with E-state index in [0.29, 0.717) is 24.0 Å². The van der Waals surface area contributed by atoms with E-state index in [1.165, 1.54) is 31.2 Å². The Hall–Kier alpha value is -2.22. The van der Waals surface area contributed by atoms with Crippen LogP contribution in [0.5, 0.6) is 0 Å². The summed E-state index contributed by atoms with van der Waals surface area (Å²) in [5, 5.41) is 0. The lowest BCUT2D eigenvalue weighted by atomic mass is 9.94. The van der Waals surface area contributed by atoms with Crippen LogP contribution in [0.25, 0.3) is 11.1 Å². The Morgan fingerprint density at radius 1 is 0.900 bits per heavy atom. The first-order chi connectivity index (χ1) is 13.9. The van der Waals surface area contributed by atoms with Crippen LogP contribution in [0.2, 0.25) is 0 Å². The third-order valence-electron chi connectivity index (χ3n) is 6.08. The fourth-order valence-electron chi connectivity index (χ4n) is 4.17. The third-order valence-corrected chi connectivity index (χ3v) is 7.48.